The van der Waals surface area contributed by atoms with Gasteiger partial charge in [0.25, 0.3) is 5.91 Å². The first-order valence-corrected chi connectivity index (χ1v) is 7.51. The minimum atomic E-state index is -0.346. The highest BCUT2D eigenvalue weighted by Gasteiger charge is 2.14. The molecule has 0 fully saturated rings. The molecule has 2 rings (SSSR count). The standard InChI is InChI=1S/C17H16N2OS/c1-12-8-9-21-16(12)10-15(11-18)17(20)19-13(2)14-6-4-3-5-7-14/h3-10,13H,1-2H3,(H,19,20)/b15-10-/t13-/m1/s1. The lowest BCUT2D eigenvalue weighted by Gasteiger charge is -2.13. The van der Waals surface area contributed by atoms with Crippen molar-refractivity contribution in [1.82, 2.24) is 5.32 Å². The van der Waals surface area contributed by atoms with Gasteiger partial charge >= 0.3 is 0 Å². The quantitative estimate of drug-likeness (QED) is 0.688. The van der Waals surface area contributed by atoms with Gasteiger partial charge in [-0.2, -0.15) is 5.26 Å². The molecule has 1 aromatic heterocycles. The van der Waals surface area contributed by atoms with Crippen LogP contribution in [0.4, 0.5) is 0 Å². The van der Waals surface area contributed by atoms with Crippen LogP contribution in [0.25, 0.3) is 6.08 Å². The number of hydrogen-bond donors (Lipinski definition) is 1. The summed E-state index contributed by atoms with van der Waals surface area (Å²) in [6.07, 6.45) is 1.65. The first-order chi connectivity index (χ1) is 10.1. The van der Waals surface area contributed by atoms with Crippen LogP contribution in [0.1, 0.15) is 29.0 Å². The molecule has 2 aromatic rings. The summed E-state index contributed by atoms with van der Waals surface area (Å²) in [6, 6.07) is 13.5. The van der Waals surface area contributed by atoms with Crippen molar-refractivity contribution in [3.8, 4) is 6.07 Å². The highest BCUT2D eigenvalue weighted by atomic mass is 32.1. The number of rotatable bonds is 4. The Morgan fingerprint density at radius 2 is 2.05 bits per heavy atom. The molecule has 1 aromatic carbocycles. The van der Waals surface area contributed by atoms with E-state index < -0.39 is 0 Å². The molecule has 0 aliphatic carbocycles. The Morgan fingerprint density at radius 1 is 1.33 bits per heavy atom. The summed E-state index contributed by atoms with van der Waals surface area (Å²) >= 11 is 1.52. The summed E-state index contributed by atoms with van der Waals surface area (Å²) in [6.45, 7) is 3.86. The van der Waals surface area contributed by atoms with Crippen LogP contribution >= 0.6 is 11.3 Å². The smallest absolute Gasteiger partial charge is 0.262 e. The van der Waals surface area contributed by atoms with Crippen molar-refractivity contribution in [2.75, 3.05) is 0 Å². The predicted octanol–water partition coefficient (Wildman–Crippen LogP) is 3.84. The van der Waals surface area contributed by atoms with Crippen LogP contribution in [0.3, 0.4) is 0 Å². The monoisotopic (exact) mass is 296 g/mol. The van der Waals surface area contributed by atoms with Crippen molar-refractivity contribution in [2.45, 2.75) is 19.9 Å². The number of nitrogens with zero attached hydrogens (tertiary/aromatic N) is 1. The first kappa shape index (κ1) is 15.0. The number of nitriles is 1. The van der Waals surface area contributed by atoms with Gasteiger partial charge in [-0.3, -0.25) is 4.79 Å². The van der Waals surface area contributed by atoms with Gasteiger partial charge in [0.15, 0.2) is 0 Å². The van der Waals surface area contributed by atoms with Gasteiger partial charge in [0.1, 0.15) is 11.6 Å². The van der Waals surface area contributed by atoms with Gasteiger partial charge in [0, 0.05) is 4.88 Å². The van der Waals surface area contributed by atoms with Crippen LogP contribution in [0, 0.1) is 18.3 Å². The highest BCUT2D eigenvalue weighted by molar-refractivity contribution is 7.11. The zero-order chi connectivity index (χ0) is 15.2. The van der Waals surface area contributed by atoms with Gasteiger partial charge < -0.3 is 5.32 Å². The van der Waals surface area contributed by atoms with E-state index in [0.29, 0.717) is 0 Å². The molecule has 0 saturated heterocycles. The van der Waals surface area contributed by atoms with Gasteiger partial charge in [0.05, 0.1) is 6.04 Å². The van der Waals surface area contributed by atoms with E-state index in [0.717, 1.165) is 16.0 Å². The van der Waals surface area contributed by atoms with Gasteiger partial charge in [-0.25, -0.2) is 0 Å². The minimum Gasteiger partial charge on any atom is -0.345 e. The predicted molar refractivity (Wildman–Crippen MR) is 85.6 cm³/mol. The number of carbonyl (C=O) groups excluding carboxylic acids is 1. The fourth-order valence-corrected chi connectivity index (χ4v) is 2.77. The topological polar surface area (TPSA) is 52.9 Å². The lowest BCUT2D eigenvalue weighted by atomic mass is 10.1. The fraction of sp³-hybridized carbons (Fsp3) is 0.176. The third-order valence-corrected chi connectivity index (χ3v) is 4.16. The van der Waals surface area contributed by atoms with Crippen LogP contribution in [-0.4, -0.2) is 5.91 Å². The zero-order valence-corrected chi connectivity index (χ0v) is 12.8. The Bertz CT molecular complexity index is 695. The number of amides is 1. The molecule has 0 spiro atoms. The second kappa shape index (κ2) is 6.87. The van der Waals surface area contributed by atoms with E-state index in [1.807, 2.05) is 61.7 Å². The molecule has 1 amide bonds. The van der Waals surface area contributed by atoms with Crippen molar-refractivity contribution in [3.63, 3.8) is 0 Å². The maximum atomic E-state index is 12.2. The van der Waals surface area contributed by atoms with Crippen LogP contribution in [0.5, 0.6) is 0 Å². The van der Waals surface area contributed by atoms with E-state index in [-0.39, 0.29) is 17.5 Å². The van der Waals surface area contributed by atoms with Crippen molar-refractivity contribution in [1.29, 1.82) is 5.26 Å². The SMILES string of the molecule is Cc1ccsc1/C=C(/C#N)C(=O)N[C@H](C)c1ccccc1. The van der Waals surface area contributed by atoms with Gasteiger partial charge in [-0.15, -0.1) is 11.3 Å². The van der Waals surface area contributed by atoms with Crippen LogP contribution < -0.4 is 5.32 Å². The molecule has 0 aliphatic rings. The van der Waals surface area contributed by atoms with E-state index in [1.54, 1.807) is 6.08 Å². The fourth-order valence-electron chi connectivity index (χ4n) is 1.91. The van der Waals surface area contributed by atoms with Crippen LogP contribution in [-0.2, 0) is 4.79 Å². The van der Waals surface area contributed by atoms with Crippen molar-refractivity contribution in [2.24, 2.45) is 0 Å². The molecule has 0 aliphatic heterocycles. The molecule has 0 saturated carbocycles. The van der Waals surface area contributed by atoms with Gasteiger partial charge in [0.2, 0.25) is 0 Å². The number of thiophene rings is 1. The molecule has 0 bridgehead atoms. The Kier molecular flexibility index (Phi) is 4.91. The largest absolute Gasteiger partial charge is 0.345 e. The summed E-state index contributed by atoms with van der Waals surface area (Å²) in [4.78, 5) is 13.1. The van der Waals surface area contributed by atoms with Crippen molar-refractivity contribution in [3.05, 3.63) is 63.4 Å². The summed E-state index contributed by atoms with van der Waals surface area (Å²) in [5.41, 5.74) is 2.20. The van der Waals surface area contributed by atoms with E-state index in [1.165, 1.54) is 11.3 Å². The summed E-state index contributed by atoms with van der Waals surface area (Å²) in [5, 5.41) is 14.0. The van der Waals surface area contributed by atoms with Crippen LogP contribution in [0.2, 0.25) is 0 Å². The lowest BCUT2D eigenvalue weighted by Crippen LogP contribution is -2.27. The molecule has 1 heterocycles. The number of nitrogens with one attached hydrogen (secondary N) is 1. The Morgan fingerprint density at radius 3 is 2.62 bits per heavy atom. The molecular weight excluding hydrogens is 280 g/mol. The molecule has 21 heavy (non-hydrogen) atoms. The highest BCUT2D eigenvalue weighted by Crippen LogP contribution is 2.19. The molecule has 0 radical (unpaired) electrons. The van der Waals surface area contributed by atoms with E-state index >= 15 is 0 Å². The molecular formula is C17H16N2OS. The Balaban J connectivity index is 2.13. The molecule has 1 atom stereocenters. The maximum Gasteiger partial charge on any atom is 0.262 e. The Labute approximate surface area is 128 Å². The molecule has 4 heteroatoms. The molecule has 3 nitrogen and oxygen atoms in total. The summed E-state index contributed by atoms with van der Waals surface area (Å²) in [5.74, 6) is -0.346. The lowest BCUT2D eigenvalue weighted by molar-refractivity contribution is -0.117. The average molecular weight is 296 g/mol. The summed E-state index contributed by atoms with van der Waals surface area (Å²) < 4.78 is 0. The third kappa shape index (κ3) is 3.80. The zero-order valence-electron chi connectivity index (χ0n) is 12.0. The molecule has 1 N–H and O–H groups in total. The van der Waals surface area contributed by atoms with E-state index in [2.05, 4.69) is 5.32 Å². The number of carbonyl (C=O) groups is 1. The number of aryl methyl sites for hydroxylation is 1. The van der Waals surface area contributed by atoms with E-state index in [9.17, 15) is 10.1 Å². The third-order valence-electron chi connectivity index (χ3n) is 3.19. The molecule has 0 unspecified atom stereocenters. The van der Waals surface area contributed by atoms with E-state index in [4.69, 9.17) is 0 Å². The first-order valence-electron chi connectivity index (χ1n) is 6.63. The normalized spacial score (nSPS) is 12.5. The van der Waals surface area contributed by atoms with Gasteiger partial charge in [-0.1, -0.05) is 30.3 Å². The van der Waals surface area contributed by atoms with Crippen molar-refractivity contribution < 1.29 is 4.79 Å². The van der Waals surface area contributed by atoms with Gasteiger partial charge in [-0.05, 0) is 42.5 Å². The van der Waals surface area contributed by atoms with Crippen LogP contribution in [0.15, 0.2) is 47.4 Å². The van der Waals surface area contributed by atoms with Crippen molar-refractivity contribution >= 4 is 23.3 Å². The second-order valence-electron chi connectivity index (χ2n) is 4.74. The second-order valence-corrected chi connectivity index (χ2v) is 5.69. The summed E-state index contributed by atoms with van der Waals surface area (Å²) in [7, 11) is 0. The minimum absolute atomic E-state index is 0.128. The molecule has 106 valence electrons. The number of hydrogen-bond acceptors (Lipinski definition) is 3. The maximum absolute atomic E-state index is 12.2. The Hall–Kier alpha value is -2.38. The average Bonchev–Trinajstić information content (AvgIpc) is 2.90. The number of benzene rings is 1.